The Labute approximate surface area is 96.3 Å². The highest BCUT2D eigenvalue weighted by molar-refractivity contribution is 5.34. The number of hydrogen-bond donors (Lipinski definition) is 0. The third-order valence-electron chi connectivity index (χ3n) is 3.83. The predicted molar refractivity (Wildman–Crippen MR) is 63.6 cm³/mol. The number of piperidine rings is 2. The maximum absolute atomic E-state index is 4.44. The van der Waals surface area contributed by atoms with Gasteiger partial charge in [-0.3, -0.25) is 4.90 Å². The highest BCUT2D eigenvalue weighted by Crippen LogP contribution is 2.29. The number of piperazine rings is 1. The van der Waals surface area contributed by atoms with Gasteiger partial charge in [-0.2, -0.15) is 0 Å². The predicted octanol–water partition coefficient (Wildman–Crippen LogP) is 1.07. The lowest BCUT2D eigenvalue weighted by Crippen LogP contribution is -2.61. The van der Waals surface area contributed by atoms with Crippen molar-refractivity contribution in [2.75, 3.05) is 25.0 Å². The second-order valence-electron chi connectivity index (χ2n) is 5.04. The topological polar surface area (TPSA) is 32.3 Å². The van der Waals surface area contributed by atoms with Crippen LogP contribution in [0.5, 0.6) is 0 Å². The number of aromatic nitrogens is 2. The summed E-state index contributed by atoms with van der Waals surface area (Å²) in [7, 11) is 2.23. The van der Waals surface area contributed by atoms with Crippen molar-refractivity contribution >= 4 is 5.95 Å². The SMILES string of the molecule is Cc1cnc(N2CC3CCC2CN3C)nc1. The van der Waals surface area contributed by atoms with Gasteiger partial charge in [0.2, 0.25) is 5.95 Å². The van der Waals surface area contributed by atoms with Gasteiger partial charge in [-0.1, -0.05) is 0 Å². The van der Waals surface area contributed by atoms with Crippen molar-refractivity contribution in [1.82, 2.24) is 14.9 Å². The number of nitrogens with zero attached hydrogens (tertiary/aromatic N) is 4. The Morgan fingerprint density at radius 2 is 1.81 bits per heavy atom. The van der Waals surface area contributed by atoms with Gasteiger partial charge in [-0.25, -0.2) is 9.97 Å². The van der Waals surface area contributed by atoms with Crippen LogP contribution in [0.2, 0.25) is 0 Å². The summed E-state index contributed by atoms with van der Waals surface area (Å²) in [4.78, 5) is 13.7. The van der Waals surface area contributed by atoms with E-state index in [9.17, 15) is 0 Å². The zero-order valence-electron chi connectivity index (χ0n) is 9.93. The summed E-state index contributed by atoms with van der Waals surface area (Å²) in [5, 5.41) is 0. The Morgan fingerprint density at radius 1 is 1.12 bits per heavy atom. The third-order valence-corrected chi connectivity index (χ3v) is 3.83. The van der Waals surface area contributed by atoms with Crippen LogP contribution in [0, 0.1) is 6.92 Å². The van der Waals surface area contributed by atoms with Gasteiger partial charge in [0.15, 0.2) is 0 Å². The molecule has 0 aromatic carbocycles. The molecule has 0 saturated carbocycles. The summed E-state index contributed by atoms with van der Waals surface area (Å²) in [6, 6.07) is 1.30. The Morgan fingerprint density at radius 3 is 2.38 bits per heavy atom. The van der Waals surface area contributed by atoms with E-state index in [1.165, 1.54) is 12.8 Å². The molecule has 2 bridgehead atoms. The molecule has 16 heavy (non-hydrogen) atoms. The fraction of sp³-hybridized carbons (Fsp3) is 0.667. The molecule has 4 rings (SSSR count). The number of anilines is 1. The fourth-order valence-corrected chi connectivity index (χ4v) is 2.82. The second-order valence-corrected chi connectivity index (χ2v) is 5.04. The first-order valence-electron chi connectivity index (χ1n) is 5.99. The van der Waals surface area contributed by atoms with Gasteiger partial charge in [0.25, 0.3) is 0 Å². The van der Waals surface area contributed by atoms with E-state index in [-0.39, 0.29) is 0 Å². The van der Waals surface area contributed by atoms with Crippen LogP contribution in [0.4, 0.5) is 5.95 Å². The van der Waals surface area contributed by atoms with Crippen molar-refractivity contribution in [2.24, 2.45) is 0 Å². The van der Waals surface area contributed by atoms with Gasteiger partial charge in [0, 0.05) is 37.6 Å². The third kappa shape index (κ3) is 1.57. The minimum Gasteiger partial charge on any atom is -0.335 e. The molecule has 3 saturated heterocycles. The lowest BCUT2D eigenvalue weighted by atomic mass is 9.92. The van der Waals surface area contributed by atoms with E-state index in [2.05, 4.69) is 26.8 Å². The average molecular weight is 218 g/mol. The molecule has 1 aromatic rings. The molecule has 3 aliphatic heterocycles. The Balaban J connectivity index is 1.84. The van der Waals surface area contributed by atoms with E-state index in [4.69, 9.17) is 0 Å². The van der Waals surface area contributed by atoms with Crippen LogP contribution in [0.3, 0.4) is 0 Å². The smallest absolute Gasteiger partial charge is 0.225 e. The summed E-state index contributed by atoms with van der Waals surface area (Å²) in [5.74, 6) is 0.911. The van der Waals surface area contributed by atoms with Gasteiger partial charge in [-0.05, 0) is 32.4 Å². The minimum absolute atomic E-state index is 0.609. The van der Waals surface area contributed by atoms with E-state index in [0.29, 0.717) is 12.1 Å². The first-order chi connectivity index (χ1) is 7.74. The van der Waals surface area contributed by atoms with Crippen LogP contribution in [0.25, 0.3) is 0 Å². The quantitative estimate of drug-likeness (QED) is 0.706. The first-order valence-corrected chi connectivity index (χ1v) is 5.99. The van der Waals surface area contributed by atoms with Crippen LogP contribution in [-0.4, -0.2) is 47.1 Å². The number of hydrogen-bond acceptors (Lipinski definition) is 4. The van der Waals surface area contributed by atoms with Crippen molar-refractivity contribution in [1.29, 1.82) is 0 Å². The van der Waals surface area contributed by atoms with Gasteiger partial charge in [-0.15, -0.1) is 0 Å². The molecule has 4 nitrogen and oxygen atoms in total. The van der Waals surface area contributed by atoms with E-state index < -0.39 is 0 Å². The summed E-state index contributed by atoms with van der Waals surface area (Å²) >= 11 is 0. The van der Waals surface area contributed by atoms with Crippen molar-refractivity contribution < 1.29 is 0 Å². The maximum Gasteiger partial charge on any atom is 0.225 e. The molecule has 0 N–H and O–H groups in total. The highest BCUT2D eigenvalue weighted by Gasteiger charge is 2.38. The molecule has 2 atom stereocenters. The van der Waals surface area contributed by atoms with E-state index in [1.807, 2.05) is 19.3 Å². The Kier molecular flexibility index (Phi) is 2.32. The van der Waals surface area contributed by atoms with Crippen molar-refractivity contribution in [3.63, 3.8) is 0 Å². The molecule has 0 aliphatic carbocycles. The van der Waals surface area contributed by atoms with Crippen molar-refractivity contribution in [3.8, 4) is 0 Å². The number of rotatable bonds is 1. The highest BCUT2D eigenvalue weighted by atomic mass is 15.4. The maximum atomic E-state index is 4.44. The molecule has 3 fully saturated rings. The lowest BCUT2D eigenvalue weighted by molar-refractivity contribution is 0.124. The zero-order valence-corrected chi connectivity index (χ0v) is 9.93. The minimum atomic E-state index is 0.609. The van der Waals surface area contributed by atoms with Crippen LogP contribution in [-0.2, 0) is 0 Å². The van der Waals surface area contributed by atoms with Crippen LogP contribution in [0.1, 0.15) is 18.4 Å². The van der Waals surface area contributed by atoms with Gasteiger partial charge >= 0.3 is 0 Å². The normalized spacial score (nSPS) is 29.8. The molecule has 4 heteroatoms. The molecule has 0 amide bonds. The molecule has 0 spiro atoms. The first kappa shape index (κ1) is 10.0. The second kappa shape index (κ2) is 3.70. The van der Waals surface area contributed by atoms with Crippen molar-refractivity contribution in [2.45, 2.75) is 31.8 Å². The van der Waals surface area contributed by atoms with Gasteiger partial charge in [0.05, 0.1) is 0 Å². The molecule has 3 aliphatic rings. The Bertz CT molecular complexity index is 375. The molecular formula is C12H18N4. The average Bonchev–Trinajstić information content (AvgIpc) is 2.31. The van der Waals surface area contributed by atoms with Crippen molar-refractivity contribution in [3.05, 3.63) is 18.0 Å². The summed E-state index contributed by atoms with van der Waals surface area (Å²) < 4.78 is 0. The zero-order chi connectivity index (χ0) is 11.1. The molecule has 4 heterocycles. The number of fused-ring (bicyclic) bond motifs is 3. The summed E-state index contributed by atoms with van der Waals surface area (Å²) in [5.41, 5.74) is 1.13. The number of likely N-dealkylation sites (N-methyl/N-ethyl adjacent to an activating group) is 1. The molecule has 0 radical (unpaired) electrons. The van der Waals surface area contributed by atoms with Crippen LogP contribution in [0.15, 0.2) is 12.4 Å². The van der Waals surface area contributed by atoms with Crippen LogP contribution < -0.4 is 4.90 Å². The molecule has 1 aromatic heterocycles. The summed E-state index contributed by atoms with van der Waals surface area (Å²) in [6.45, 7) is 4.27. The molecular weight excluding hydrogens is 200 g/mol. The number of aryl methyl sites for hydroxylation is 1. The molecule has 86 valence electrons. The van der Waals surface area contributed by atoms with Gasteiger partial charge < -0.3 is 4.90 Å². The fourth-order valence-electron chi connectivity index (χ4n) is 2.82. The standard InChI is InChI=1S/C12H18N4/c1-9-5-13-12(14-6-9)16-8-10-3-4-11(16)7-15(10)2/h5-6,10-11H,3-4,7-8H2,1-2H3. The van der Waals surface area contributed by atoms with E-state index in [1.54, 1.807) is 0 Å². The lowest BCUT2D eigenvalue weighted by Gasteiger charge is -2.50. The van der Waals surface area contributed by atoms with Crippen LogP contribution >= 0.6 is 0 Å². The molecule has 2 unspecified atom stereocenters. The van der Waals surface area contributed by atoms with E-state index in [0.717, 1.165) is 24.6 Å². The Hall–Kier alpha value is -1.16. The van der Waals surface area contributed by atoms with E-state index >= 15 is 0 Å². The van der Waals surface area contributed by atoms with Gasteiger partial charge in [0.1, 0.15) is 0 Å². The largest absolute Gasteiger partial charge is 0.335 e. The monoisotopic (exact) mass is 218 g/mol. The summed E-state index contributed by atoms with van der Waals surface area (Å²) in [6.07, 6.45) is 6.43.